The summed E-state index contributed by atoms with van der Waals surface area (Å²) in [5.41, 5.74) is 2.40. The van der Waals surface area contributed by atoms with E-state index in [1.807, 2.05) is 4.52 Å². The van der Waals surface area contributed by atoms with Crippen LogP contribution in [0.4, 0.5) is 5.95 Å². The first kappa shape index (κ1) is 14.5. The Kier molecular flexibility index (Phi) is 3.07. The van der Waals surface area contributed by atoms with Crippen LogP contribution < -0.4 is 5.32 Å². The van der Waals surface area contributed by atoms with Gasteiger partial charge in [0.05, 0.1) is 22.5 Å². The van der Waals surface area contributed by atoms with Gasteiger partial charge in [-0.3, -0.25) is 0 Å². The van der Waals surface area contributed by atoms with Crippen LogP contribution in [0, 0.1) is 17.2 Å². The fourth-order valence-corrected chi connectivity index (χ4v) is 4.72. The third-order valence-corrected chi connectivity index (χ3v) is 6.21. The molecule has 3 heterocycles. The summed E-state index contributed by atoms with van der Waals surface area (Å²) in [6.45, 7) is 1.53. The normalized spacial score (nSPS) is 28.9. The van der Waals surface area contributed by atoms with Crippen LogP contribution in [0.3, 0.4) is 0 Å². The van der Waals surface area contributed by atoms with Gasteiger partial charge in [0.15, 0.2) is 0 Å². The van der Waals surface area contributed by atoms with Crippen molar-refractivity contribution in [3.63, 3.8) is 0 Å². The lowest BCUT2D eigenvalue weighted by Crippen LogP contribution is -2.56. The molecule has 3 aliphatic carbocycles. The Bertz CT molecular complexity index is 847. The van der Waals surface area contributed by atoms with E-state index >= 15 is 0 Å². The van der Waals surface area contributed by atoms with E-state index in [-0.39, 0.29) is 5.41 Å². The monoisotopic (exact) mass is 343 g/mol. The number of hydrogen-bond acceptors (Lipinski definition) is 5. The lowest BCUT2D eigenvalue weighted by molar-refractivity contribution is -0.0323. The largest absolute Gasteiger partial charge is 0.381 e. The number of anilines is 1. The highest BCUT2D eigenvalue weighted by molar-refractivity contribution is 6.35. The van der Waals surface area contributed by atoms with Crippen LogP contribution in [0.15, 0.2) is 6.20 Å². The molecule has 0 spiro atoms. The molecule has 124 valence electrons. The van der Waals surface area contributed by atoms with E-state index in [0.29, 0.717) is 22.6 Å². The van der Waals surface area contributed by atoms with Crippen molar-refractivity contribution in [1.29, 1.82) is 5.26 Å². The summed E-state index contributed by atoms with van der Waals surface area (Å²) in [5.74, 6) is 1.42. The number of hydrogen-bond donors (Lipinski definition) is 1. The third-order valence-electron chi connectivity index (χ3n) is 5.83. The first-order valence-electron chi connectivity index (χ1n) is 8.52. The number of nitrogens with one attached hydrogen (secondary N) is 1. The number of rotatable bonds is 3. The Morgan fingerprint density at radius 2 is 2.08 bits per heavy atom. The highest BCUT2D eigenvalue weighted by Gasteiger charge is 2.60. The number of aromatic nitrogens is 3. The maximum absolute atomic E-state index is 9.61. The molecule has 7 heteroatoms. The average molecular weight is 344 g/mol. The van der Waals surface area contributed by atoms with E-state index in [9.17, 15) is 5.26 Å². The lowest BCUT2D eigenvalue weighted by atomic mass is 9.43. The van der Waals surface area contributed by atoms with Crippen LogP contribution >= 0.6 is 11.6 Å². The topological polar surface area (TPSA) is 75.2 Å². The predicted molar refractivity (Wildman–Crippen MR) is 89.2 cm³/mol. The zero-order valence-corrected chi connectivity index (χ0v) is 14.0. The molecule has 2 aromatic rings. The Balaban J connectivity index is 1.58. The number of fused-ring (bicyclic) bond motifs is 1. The smallest absolute Gasteiger partial charge is 0.241 e. The van der Waals surface area contributed by atoms with Gasteiger partial charge in [-0.2, -0.15) is 5.26 Å². The van der Waals surface area contributed by atoms with Gasteiger partial charge in [-0.05, 0) is 38.0 Å². The van der Waals surface area contributed by atoms with Crippen LogP contribution in [0.1, 0.15) is 43.4 Å². The minimum atomic E-state index is 0.107. The van der Waals surface area contributed by atoms with Crippen LogP contribution in [0.5, 0.6) is 0 Å². The van der Waals surface area contributed by atoms with Gasteiger partial charge in [-0.1, -0.05) is 11.6 Å². The van der Waals surface area contributed by atoms with Crippen molar-refractivity contribution in [3.8, 4) is 6.07 Å². The summed E-state index contributed by atoms with van der Waals surface area (Å²) in [6, 6.07) is 2.63. The fraction of sp³-hybridized carbons (Fsp3) is 0.588. The molecule has 6 nitrogen and oxygen atoms in total. The molecule has 6 rings (SSSR count). The van der Waals surface area contributed by atoms with Crippen molar-refractivity contribution >= 4 is 23.1 Å². The standard InChI is InChI=1S/C17H18ClN5O/c18-14-12(8-19)15(17-5-10(6-17)7-17)23-13(14)9-20-16(22-23)21-11-1-3-24-4-2-11/h9-11H,1-7H2,(H,21,22). The molecule has 1 aliphatic heterocycles. The van der Waals surface area contributed by atoms with Gasteiger partial charge in [-0.15, -0.1) is 5.10 Å². The molecule has 0 amide bonds. The first-order valence-corrected chi connectivity index (χ1v) is 8.90. The zero-order chi connectivity index (χ0) is 16.3. The maximum atomic E-state index is 9.61. The Morgan fingerprint density at radius 1 is 1.33 bits per heavy atom. The molecule has 2 aromatic heterocycles. The van der Waals surface area contributed by atoms with E-state index in [4.69, 9.17) is 16.3 Å². The third kappa shape index (κ3) is 1.92. The molecule has 1 N–H and O–H groups in total. The van der Waals surface area contributed by atoms with Gasteiger partial charge in [-0.25, -0.2) is 9.50 Å². The van der Waals surface area contributed by atoms with Gasteiger partial charge in [0.2, 0.25) is 5.95 Å². The zero-order valence-electron chi connectivity index (χ0n) is 13.3. The van der Waals surface area contributed by atoms with E-state index in [2.05, 4.69) is 21.5 Å². The summed E-state index contributed by atoms with van der Waals surface area (Å²) in [5, 5.41) is 18.2. The van der Waals surface area contributed by atoms with Crippen LogP contribution in [0.2, 0.25) is 5.02 Å². The minimum absolute atomic E-state index is 0.107. The molecule has 3 saturated carbocycles. The summed E-state index contributed by atoms with van der Waals surface area (Å²) in [7, 11) is 0. The van der Waals surface area contributed by atoms with E-state index in [1.54, 1.807) is 6.20 Å². The van der Waals surface area contributed by atoms with Crippen LogP contribution in [-0.4, -0.2) is 33.9 Å². The van der Waals surface area contributed by atoms with Crippen molar-refractivity contribution in [3.05, 3.63) is 22.5 Å². The van der Waals surface area contributed by atoms with E-state index in [0.717, 1.165) is 62.4 Å². The highest BCUT2D eigenvalue weighted by atomic mass is 35.5. The van der Waals surface area contributed by atoms with Crippen LogP contribution in [0.25, 0.3) is 5.52 Å². The lowest BCUT2D eigenvalue weighted by Gasteiger charge is -2.61. The fourth-order valence-electron chi connectivity index (χ4n) is 4.46. The number of nitrogens with zero attached hydrogens (tertiary/aromatic N) is 4. The number of halogens is 1. The second-order valence-corrected chi connectivity index (χ2v) is 7.70. The highest BCUT2D eigenvalue weighted by Crippen LogP contribution is 2.66. The summed E-state index contributed by atoms with van der Waals surface area (Å²) < 4.78 is 7.26. The van der Waals surface area contributed by atoms with E-state index in [1.165, 1.54) is 0 Å². The number of ether oxygens (including phenoxy) is 1. The van der Waals surface area contributed by atoms with Gasteiger partial charge in [0.1, 0.15) is 11.6 Å². The molecule has 24 heavy (non-hydrogen) atoms. The molecule has 2 bridgehead atoms. The van der Waals surface area contributed by atoms with Gasteiger partial charge in [0, 0.05) is 24.7 Å². The average Bonchev–Trinajstić information content (AvgIpc) is 2.78. The second kappa shape index (κ2) is 5.08. The second-order valence-electron chi connectivity index (χ2n) is 7.32. The quantitative estimate of drug-likeness (QED) is 0.927. The summed E-state index contributed by atoms with van der Waals surface area (Å²) in [6.07, 6.45) is 7.09. The summed E-state index contributed by atoms with van der Waals surface area (Å²) >= 11 is 6.45. The van der Waals surface area contributed by atoms with Gasteiger partial charge in [0.25, 0.3) is 0 Å². The van der Waals surface area contributed by atoms with Crippen molar-refractivity contribution < 1.29 is 4.74 Å². The number of nitriles is 1. The van der Waals surface area contributed by atoms with Gasteiger partial charge >= 0.3 is 0 Å². The molecule has 0 atom stereocenters. The van der Waals surface area contributed by atoms with Crippen molar-refractivity contribution in [1.82, 2.24) is 14.6 Å². The SMILES string of the molecule is N#Cc1c(Cl)c2cnc(NC3CCOCC3)nn2c1C12CC(C1)C2. The predicted octanol–water partition coefficient (Wildman–Crippen LogP) is 2.90. The van der Waals surface area contributed by atoms with Crippen molar-refractivity contribution in [2.24, 2.45) is 5.92 Å². The van der Waals surface area contributed by atoms with Crippen LogP contribution in [-0.2, 0) is 10.2 Å². The summed E-state index contributed by atoms with van der Waals surface area (Å²) in [4.78, 5) is 4.41. The van der Waals surface area contributed by atoms with Crippen molar-refractivity contribution in [2.75, 3.05) is 18.5 Å². The molecule has 0 unspecified atom stereocenters. The Morgan fingerprint density at radius 3 is 2.71 bits per heavy atom. The molecule has 0 aromatic carbocycles. The van der Waals surface area contributed by atoms with Gasteiger partial charge < -0.3 is 10.1 Å². The van der Waals surface area contributed by atoms with E-state index < -0.39 is 0 Å². The Labute approximate surface area is 144 Å². The molecular weight excluding hydrogens is 326 g/mol. The van der Waals surface area contributed by atoms with Crippen molar-refractivity contribution in [2.45, 2.75) is 43.6 Å². The molecule has 0 radical (unpaired) electrons. The maximum Gasteiger partial charge on any atom is 0.241 e. The molecule has 1 saturated heterocycles. The minimum Gasteiger partial charge on any atom is -0.381 e. The Hall–Kier alpha value is -1.84. The molecule has 4 aliphatic rings. The molecule has 4 fully saturated rings. The first-order chi connectivity index (χ1) is 11.7. The molecular formula is C17H18ClN5O.